The normalized spacial score (nSPS) is 19.7. The molecule has 3 aliphatic rings. The number of carbonyl (C=O) groups excluding carboxylic acids is 1. The maximum atomic E-state index is 12.5. The van der Waals surface area contributed by atoms with Crippen LogP contribution in [0.25, 0.3) is 0 Å². The number of halogens is 1. The summed E-state index contributed by atoms with van der Waals surface area (Å²) in [7, 11) is 0. The number of morpholine rings is 1. The second-order valence-electron chi connectivity index (χ2n) is 8.68. The molecule has 2 aliphatic heterocycles. The Bertz CT molecular complexity index is 777. The lowest BCUT2D eigenvalue weighted by molar-refractivity contribution is -0.136. The van der Waals surface area contributed by atoms with Crippen molar-refractivity contribution in [1.29, 1.82) is 0 Å². The first kappa shape index (κ1) is 26.0. The molecule has 33 heavy (non-hydrogen) atoms. The van der Waals surface area contributed by atoms with Crippen molar-refractivity contribution in [3.05, 3.63) is 23.9 Å². The lowest BCUT2D eigenvalue weighted by Gasteiger charge is -2.37. The lowest BCUT2D eigenvalue weighted by Crippen LogP contribution is -2.54. The molecule has 0 bridgehead atoms. The molecule has 1 aromatic rings. The number of ether oxygens (including phenoxy) is 2. The number of hydrogen-bond acceptors (Lipinski definition) is 6. The Kier molecular flexibility index (Phi) is 10.4. The van der Waals surface area contributed by atoms with E-state index in [4.69, 9.17) is 14.5 Å². The highest BCUT2D eigenvalue weighted by Crippen LogP contribution is 2.29. The molecule has 184 valence electrons. The van der Waals surface area contributed by atoms with Crippen LogP contribution in [0.2, 0.25) is 0 Å². The van der Waals surface area contributed by atoms with Gasteiger partial charge in [0.1, 0.15) is 0 Å². The molecule has 2 saturated heterocycles. The summed E-state index contributed by atoms with van der Waals surface area (Å²) >= 11 is 0. The minimum atomic E-state index is 0. The highest BCUT2D eigenvalue weighted by molar-refractivity contribution is 14.0. The van der Waals surface area contributed by atoms with Gasteiger partial charge in [-0.2, -0.15) is 0 Å². The number of hydrogen-bond donors (Lipinski definition) is 1. The maximum absolute atomic E-state index is 12.5. The summed E-state index contributed by atoms with van der Waals surface area (Å²) in [5.41, 5.74) is 1.09. The molecule has 9 nitrogen and oxygen atoms in total. The Balaban J connectivity index is 0.00000306. The zero-order valence-electron chi connectivity index (χ0n) is 19.6. The third-order valence-electron chi connectivity index (χ3n) is 6.10. The van der Waals surface area contributed by atoms with Crippen LogP contribution in [0.3, 0.4) is 0 Å². The molecular weight excluding hydrogens is 535 g/mol. The fourth-order valence-corrected chi connectivity index (χ4v) is 3.93. The largest absolute Gasteiger partial charge is 0.477 e. The Labute approximate surface area is 213 Å². The van der Waals surface area contributed by atoms with E-state index < -0.39 is 0 Å². The van der Waals surface area contributed by atoms with Crippen molar-refractivity contribution in [1.82, 2.24) is 25.0 Å². The van der Waals surface area contributed by atoms with E-state index in [0.29, 0.717) is 51.2 Å². The minimum Gasteiger partial charge on any atom is -0.477 e. The van der Waals surface area contributed by atoms with E-state index in [1.165, 1.54) is 12.8 Å². The molecule has 3 fully saturated rings. The van der Waals surface area contributed by atoms with Crippen LogP contribution in [0.5, 0.6) is 5.88 Å². The SMILES string of the molecule is CCNC(=NCc1ccnc(OCC2CC2)c1)N1CCN(CC(=O)N2CCOCC2)CC1.I. The van der Waals surface area contributed by atoms with Gasteiger partial charge in [0.2, 0.25) is 11.8 Å². The van der Waals surface area contributed by atoms with Gasteiger partial charge in [-0.25, -0.2) is 9.98 Å². The number of carbonyl (C=O) groups is 1. The summed E-state index contributed by atoms with van der Waals surface area (Å²) in [6.07, 6.45) is 4.33. The van der Waals surface area contributed by atoms with Crippen LogP contribution >= 0.6 is 24.0 Å². The monoisotopic (exact) mass is 572 g/mol. The van der Waals surface area contributed by atoms with E-state index in [9.17, 15) is 4.79 Å². The van der Waals surface area contributed by atoms with Crippen molar-refractivity contribution in [2.45, 2.75) is 26.3 Å². The number of amides is 1. The van der Waals surface area contributed by atoms with Crippen molar-refractivity contribution in [2.75, 3.05) is 72.2 Å². The van der Waals surface area contributed by atoms with Gasteiger partial charge in [0.25, 0.3) is 0 Å². The zero-order valence-corrected chi connectivity index (χ0v) is 21.9. The van der Waals surface area contributed by atoms with Gasteiger partial charge < -0.3 is 24.6 Å². The summed E-state index contributed by atoms with van der Waals surface area (Å²) in [4.78, 5) is 28.1. The number of nitrogens with one attached hydrogen (secondary N) is 1. The van der Waals surface area contributed by atoms with Crippen molar-refractivity contribution in [3.63, 3.8) is 0 Å². The standard InChI is InChI=1S/C23H36N6O3.HI/c1-2-24-23(26-16-20-5-6-25-21(15-20)32-18-19-3-4-19)29-9-7-27(8-10-29)17-22(30)28-11-13-31-14-12-28;/h5-6,15,19H,2-4,7-14,16-18H2,1H3,(H,24,26);1H. The van der Waals surface area contributed by atoms with Gasteiger partial charge >= 0.3 is 0 Å². The lowest BCUT2D eigenvalue weighted by atomic mass is 10.2. The topological polar surface area (TPSA) is 82.5 Å². The van der Waals surface area contributed by atoms with Crippen molar-refractivity contribution >= 4 is 35.8 Å². The molecule has 1 saturated carbocycles. The number of aromatic nitrogens is 1. The van der Waals surface area contributed by atoms with Gasteiger partial charge in [0, 0.05) is 58.1 Å². The molecule has 1 aromatic heterocycles. The van der Waals surface area contributed by atoms with Crippen LogP contribution < -0.4 is 10.1 Å². The van der Waals surface area contributed by atoms with E-state index in [1.807, 2.05) is 17.0 Å². The first-order chi connectivity index (χ1) is 15.7. The number of pyridine rings is 1. The fourth-order valence-electron chi connectivity index (χ4n) is 3.93. The molecule has 1 N–H and O–H groups in total. The number of aliphatic imine (C=N–C) groups is 1. The zero-order chi connectivity index (χ0) is 22.2. The Hall–Kier alpha value is -1.66. The van der Waals surface area contributed by atoms with Crippen LogP contribution in [0.15, 0.2) is 23.3 Å². The van der Waals surface area contributed by atoms with E-state index >= 15 is 0 Å². The van der Waals surface area contributed by atoms with Crippen LogP contribution in [0.4, 0.5) is 0 Å². The van der Waals surface area contributed by atoms with E-state index in [-0.39, 0.29) is 29.9 Å². The summed E-state index contributed by atoms with van der Waals surface area (Å²) < 4.78 is 11.1. The smallest absolute Gasteiger partial charge is 0.236 e. The van der Waals surface area contributed by atoms with Gasteiger partial charge in [-0.3, -0.25) is 9.69 Å². The number of guanidine groups is 1. The summed E-state index contributed by atoms with van der Waals surface area (Å²) in [6, 6.07) is 3.98. The second kappa shape index (κ2) is 13.3. The number of piperazine rings is 1. The van der Waals surface area contributed by atoms with Gasteiger partial charge in [-0.15, -0.1) is 24.0 Å². The number of rotatable bonds is 8. The van der Waals surface area contributed by atoms with Crippen LogP contribution in [0, 0.1) is 5.92 Å². The second-order valence-corrected chi connectivity index (χ2v) is 8.68. The predicted molar refractivity (Wildman–Crippen MR) is 138 cm³/mol. The molecule has 0 spiro atoms. The first-order valence-corrected chi connectivity index (χ1v) is 11.9. The third-order valence-corrected chi connectivity index (χ3v) is 6.10. The Morgan fingerprint density at radius 3 is 2.64 bits per heavy atom. The molecule has 3 heterocycles. The summed E-state index contributed by atoms with van der Waals surface area (Å²) in [5.74, 6) is 2.53. The number of nitrogens with zero attached hydrogens (tertiary/aromatic N) is 5. The van der Waals surface area contributed by atoms with Gasteiger partial charge in [0.05, 0.1) is 32.9 Å². The molecule has 1 aliphatic carbocycles. The highest BCUT2D eigenvalue weighted by atomic mass is 127. The van der Waals surface area contributed by atoms with Crippen molar-refractivity contribution in [3.8, 4) is 5.88 Å². The van der Waals surface area contributed by atoms with Gasteiger partial charge in [-0.1, -0.05) is 0 Å². The average Bonchev–Trinajstić information content (AvgIpc) is 3.66. The van der Waals surface area contributed by atoms with Crippen LogP contribution in [-0.2, 0) is 16.1 Å². The van der Waals surface area contributed by atoms with Crippen LogP contribution in [-0.4, -0.2) is 104 Å². The molecular formula is C23H37IN6O3. The summed E-state index contributed by atoms with van der Waals surface area (Å²) in [5, 5.41) is 3.41. The van der Waals surface area contributed by atoms with E-state index in [1.54, 1.807) is 6.20 Å². The average molecular weight is 572 g/mol. The van der Waals surface area contributed by atoms with E-state index in [2.05, 4.69) is 27.0 Å². The fraction of sp³-hybridized carbons (Fsp3) is 0.696. The summed E-state index contributed by atoms with van der Waals surface area (Å²) in [6.45, 7) is 10.9. The minimum absolute atomic E-state index is 0. The predicted octanol–water partition coefficient (Wildman–Crippen LogP) is 1.43. The third kappa shape index (κ3) is 8.25. The molecule has 10 heteroatoms. The van der Waals surface area contributed by atoms with Crippen molar-refractivity contribution < 1.29 is 14.3 Å². The van der Waals surface area contributed by atoms with Gasteiger partial charge in [0.15, 0.2) is 5.96 Å². The quantitative estimate of drug-likeness (QED) is 0.287. The molecule has 1 amide bonds. The van der Waals surface area contributed by atoms with Crippen LogP contribution in [0.1, 0.15) is 25.3 Å². The Morgan fingerprint density at radius 1 is 1.18 bits per heavy atom. The van der Waals surface area contributed by atoms with Crippen molar-refractivity contribution in [2.24, 2.45) is 10.9 Å². The molecule has 4 rings (SSSR count). The molecule has 0 unspecified atom stereocenters. The van der Waals surface area contributed by atoms with Gasteiger partial charge in [-0.05, 0) is 37.3 Å². The molecule has 0 atom stereocenters. The van der Waals surface area contributed by atoms with E-state index in [0.717, 1.165) is 50.9 Å². The Morgan fingerprint density at radius 2 is 1.94 bits per heavy atom. The maximum Gasteiger partial charge on any atom is 0.236 e. The first-order valence-electron chi connectivity index (χ1n) is 11.9. The highest BCUT2D eigenvalue weighted by Gasteiger charge is 2.24. The molecule has 0 aromatic carbocycles. The molecule has 0 radical (unpaired) electrons.